The topological polar surface area (TPSA) is 18.5 Å². The third kappa shape index (κ3) is 4.58. The highest BCUT2D eigenvalue weighted by molar-refractivity contribution is 7.55. The SMILES string of the molecule is COc1ccc(OCc2ccccc2)c(Pc2ccc(C)cc2F)c1. The van der Waals surface area contributed by atoms with Crippen molar-refractivity contribution < 1.29 is 13.9 Å². The number of aryl methyl sites for hydroxylation is 1. The summed E-state index contributed by atoms with van der Waals surface area (Å²) >= 11 is 0. The normalized spacial score (nSPS) is 11.0. The van der Waals surface area contributed by atoms with Crippen LogP contribution < -0.4 is 20.1 Å². The minimum Gasteiger partial charge on any atom is -0.497 e. The molecule has 0 spiro atoms. The van der Waals surface area contributed by atoms with E-state index in [4.69, 9.17) is 9.47 Å². The lowest BCUT2D eigenvalue weighted by Gasteiger charge is -2.14. The molecule has 1 atom stereocenters. The van der Waals surface area contributed by atoms with Gasteiger partial charge in [0.2, 0.25) is 0 Å². The number of ether oxygens (including phenoxy) is 2. The summed E-state index contributed by atoms with van der Waals surface area (Å²) in [5, 5.41) is 1.60. The van der Waals surface area contributed by atoms with Crippen molar-refractivity contribution in [3.05, 3.63) is 83.7 Å². The first-order chi connectivity index (χ1) is 12.2. The second-order valence-corrected chi connectivity index (χ2v) is 7.07. The Balaban J connectivity index is 1.85. The van der Waals surface area contributed by atoms with Gasteiger partial charge in [-0.1, -0.05) is 51.0 Å². The van der Waals surface area contributed by atoms with E-state index in [9.17, 15) is 4.39 Å². The van der Waals surface area contributed by atoms with Gasteiger partial charge in [0.1, 0.15) is 23.9 Å². The minimum absolute atomic E-state index is 0.158. The molecule has 0 N–H and O–H groups in total. The maximum absolute atomic E-state index is 14.2. The Morgan fingerprint density at radius 3 is 2.44 bits per heavy atom. The van der Waals surface area contributed by atoms with Crippen molar-refractivity contribution in [2.45, 2.75) is 13.5 Å². The quantitative estimate of drug-likeness (QED) is 0.613. The summed E-state index contributed by atoms with van der Waals surface area (Å²) in [5.41, 5.74) is 2.01. The molecule has 3 aromatic carbocycles. The van der Waals surface area contributed by atoms with Gasteiger partial charge in [-0.25, -0.2) is 4.39 Å². The van der Waals surface area contributed by atoms with Gasteiger partial charge >= 0.3 is 0 Å². The van der Waals surface area contributed by atoms with Gasteiger partial charge in [0.25, 0.3) is 0 Å². The monoisotopic (exact) mass is 354 g/mol. The molecular formula is C21H20FO2P. The predicted octanol–water partition coefficient (Wildman–Crippen LogP) is 4.35. The van der Waals surface area contributed by atoms with E-state index in [0.717, 1.165) is 27.9 Å². The number of hydrogen-bond donors (Lipinski definition) is 0. The second kappa shape index (κ2) is 8.13. The van der Waals surface area contributed by atoms with Crippen LogP contribution in [0, 0.1) is 12.7 Å². The summed E-state index contributed by atoms with van der Waals surface area (Å²) in [6.45, 7) is 2.36. The molecule has 3 rings (SSSR count). The Hall–Kier alpha value is -2.38. The largest absolute Gasteiger partial charge is 0.497 e. The van der Waals surface area contributed by atoms with E-state index in [1.165, 1.54) is 0 Å². The van der Waals surface area contributed by atoms with Crippen LogP contribution in [0.15, 0.2) is 66.7 Å². The molecule has 3 aromatic rings. The second-order valence-electron chi connectivity index (χ2n) is 5.74. The molecule has 0 amide bonds. The molecule has 0 bridgehead atoms. The van der Waals surface area contributed by atoms with Crippen LogP contribution in [0.2, 0.25) is 0 Å². The van der Waals surface area contributed by atoms with Crippen LogP contribution in [0.3, 0.4) is 0 Å². The van der Waals surface area contributed by atoms with E-state index >= 15 is 0 Å². The molecular weight excluding hydrogens is 334 g/mol. The summed E-state index contributed by atoms with van der Waals surface area (Å²) in [7, 11) is 1.78. The van der Waals surface area contributed by atoms with Gasteiger partial charge in [0.15, 0.2) is 0 Å². The lowest BCUT2D eigenvalue weighted by Crippen LogP contribution is -2.11. The van der Waals surface area contributed by atoms with E-state index in [0.29, 0.717) is 11.9 Å². The van der Waals surface area contributed by atoms with Gasteiger partial charge in [-0.2, -0.15) is 0 Å². The van der Waals surface area contributed by atoms with Crippen molar-refractivity contribution >= 4 is 19.2 Å². The molecule has 2 nitrogen and oxygen atoms in total. The average Bonchev–Trinajstić information content (AvgIpc) is 2.63. The number of benzene rings is 3. The summed E-state index contributed by atoms with van der Waals surface area (Å²) < 4.78 is 25.5. The van der Waals surface area contributed by atoms with Crippen molar-refractivity contribution in [2.75, 3.05) is 7.11 Å². The van der Waals surface area contributed by atoms with E-state index in [-0.39, 0.29) is 14.4 Å². The molecule has 0 saturated heterocycles. The predicted molar refractivity (Wildman–Crippen MR) is 102 cm³/mol. The molecule has 0 fully saturated rings. The summed E-state index contributed by atoms with van der Waals surface area (Å²) in [4.78, 5) is 0. The van der Waals surface area contributed by atoms with Crippen LogP contribution >= 0.6 is 8.58 Å². The van der Waals surface area contributed by atoms with Crippen molar-refractivity contribution in [1.29, 1.82) is 0 Å². The van der Waals surface area contributed by atoms with Crippen LogP contribution in [0.1, 0.15) is 11.1 Å². The first-order valence-electron chi connectivity index (χ1n) is 8.03. The standard InChI is InChI=1S/C21H20FO2P/c1-15-8-11-20(18(22)12-15)25-21-13-17(23-2)9-10-19(21)24-14-16-6-4-3-5-7-16/h3-13,25H,14H2,1-2H3. The Kier molecular flexibility index (Phi) is 5.67. The first-order valence-corrected chi connectivity index (χ1v) is 9.03. The third-order valence-electron chi connectivity index (χ3n) is 3.82. The fourth-order valence-electron chi connectivity index (χ4n) is 2.46. The summed E-state index contributed by atoms with van der Waals surface area (Å²) in [6, 6.07) is 21.0. The van der Waals surface area contributed by atoms with E-state index in [2.05, 4.69) is 0 Å². The third-order valence-corrected chi connectivity index (χ3v) is 5.15. The van der Waals surface area contributed by atoms with E-state index < -0.39 is 0 Å². The Bertz CT molecular complexity index is 850. The number of methoxy groups -OCH3 is 1. The zero-order valence-corrected chi connectivity index (χ0v) is 15.3. The smallest absolute Gasteiger partial charge is 0.131 e. The molecule has 0 saturated carbocycles. The lowest BCUT2D eigenvalue weighted by atomic mass is 10.2. The summed E-state index contributed by atoms with van der Waals surface area (Å²) in [5.74, 6) is 1.31. The molecule has 0 aliphatic rings. The molecule has 1 unspecified atom stereocenters. The van der Waals surface area contributed by atoms with Gasteiger partial charge in [0, 0.05) is 10.6 Å². The van der Waals surface area contributed by atoms with Crippen molar-refractivity contribution in [3.8, 4) is 11.5 Å². The van der Waals surface area contributed by atoms with Crippen molar-refractivity contribution in [3.63, 3.8) is 0 Å². The first kappa shape index (κ1) is 17.4. The fraction of sp³-hybridized carbons (Fsp3) is 0.143. The van der Waals surface area contributed by atoms with Crippen LogP contribution in [-0.4, -0.2) is 7.11 Å². The molecule has 0 heterocycles. The zero-order chi connectivity index (χ0) is 17.6. The molecule has 0 aromatic heterocycles. The zero-order valence-electron chi connectivity index (χ0n) is 14.3. The Morgan fingerprint density at radius 1 is 0.920 bits per heavy atom. The highest BCUT2D eigenvalue weighted by atomic mass is 31.1. The highest BCUT2D eigenvalue weighted by Gasteiger charge is 2.10. The molecule has 0 aliphatic heterocycles. The Morgan fingerprint density at radius 2 is 1.72 bits per heavy atom. The highest BCUT2D eigenvalue weighted by Crippen LogP contribution is 2.25. The molecule has 128 valence electrons. The van der Waals surface area contributed by atoms with Gasteiger partial charge < -0.3 is 9.47 Å². The van der Waals surface area contributed by atoms with E-state index in [1.807, 2.05) is 67.6 Å². The van der Waals surface area contributed by atoms with Gasteiger partial charge in [0.05, 0.1) is 7.11 Å². The van der Waals surface area contributed by atoms with Crippen molar-refractivity contribution in [2.24, 2.45) is 0 Å². The fourth-order valence-corrected chi connectivity index (χ4v) is 3.60. The Labute approximate surface area is 149 Å². The number of rotatable bonds is 6. The van der Waals surface area contributed by atoms with Gasteiger partial charge in [-0.3, -0.25) is 0 Å². The summed E-state index contributed by atoms with van der Waals surface area (Å²) in [6.07, 6.45) is 0. The minimum atomic E-state index is -0.185. The molecule has 25 heavy (non-hydrogen) atoms. The van der Waals surface area contributed by atoms with Crippen molar-refractivity contribution in [1.82, 2.24) is 0 Å². The average molecular weight is 354 g/mol. The maximum Gasteiger partial charge on any atom is 0.131 e. The van der Waals surface area contributed by atoms with Crippen LogP contribution in [-0.2, 0) is 6.61 Å². The number of hydrogen-bond acceptors (Lipinski definition) is 2. The van der Waals surface area contributed by atoms with Crippen LogP contribution in [0.5, 0.6) is 11.5 Å². The molecule has 4 heteroatoms. The van der Waals surface area contributed by atoms with Gasteiger partial charge in [-0.15, -0.1) is 0 Å². The maximum atomic E-state index is 14.2. The van der Waals surface area contributed by atoms with Crippen LogP contribution in [0.4, 0.5) is 4.39 Å². The number of halogens is 1. The lowest BCUT2D eigenvalue weighted by molar-refractivity contribution is 0.308. The molecule has 0 aliphatic carbocycles. The van der Waals surface area contributed by atoms with Crippen LogP contribution in [0.25, 0.3) is 0 Å². The molecule has 0 radical (unpaired) electrons. The van der Waals surface area contributed by atoms with Gasteiger partial charge in [-0.05, 0) is 42.3 Å². The van der Waals surface area contributed by atoms with E-state index in [1.54, 1.807) is 13.2 Å².